The molecule has 1 aromatic carbocycles. The highest BCUT2D eigenvalue weighted by Gasteiger charge is 2.10. The Balaban J connectivity index is 2.63. The van der Waals surface area contributed by atoms with Crippen LogP contribution < -0.4 is 5.32 Å². The summed E-state index contributed by atoms with van der Waals surface area (Å²) in [4.78, 5) is 9.83. The maximum atomic E-state index is 13.5. The lowest BCUT2D eigenvalue weighted by Crippen LogP contribution is -2.12. The number of nitro benzene ring substituents is 1. The van der Waals surface area contributed by atoms with Gasteiger partial charge in [0.05, 0.1) is 16.7 Å². The van der Waals surface area contributed by atoms with Crippen molar-refractivity contribution < 1.29 is 9.31 Å². The van der Waals surface area contributed by atoms with Crippen molar-refractivity contribution in [2.75, 3.05) is 11.9 Å². The molecule has 4 nitrogen and oxygen atoms in total. The van der Waals surface area contributed by atoms with Gasteiger partial charge in [0, 0.05) is 12.6 Å². The Morgan fingerprint density at radius 3 is 2.76 bits per heavy atom. The lowest BCUT2D eigenvalue weighted by molar-refractivity contribution is -0.385. The second kappa shape index (κ2) is 6.18. The number of halogens is 1. The molecule has 0 bridgehead atoms. The van der Waals surface area contributed by atoms with E-state index < -0.39 is 10.7 Å². The molecule has 1 N–H and O–H groups in total. The highest BCUT2D eigenvalue weighted by molar-refractivity contribution is 5.50. The molecule has 0 fully saturated rings. The monoisotopic (exact) mass is 240 g/mol. The largest absolute Gasteiger partial charge is 0.382 e. The molecule has 0 aliphatic carbocycles. The fraction of sp³-hybridized carbons (Fsp3) is 0.500. The highest BCUT2D eigenvalue weighted by atomic mass is 19.1. The maximum absolute atomic E-state index is 13.5. The summed E-state index contributed by atoms with van der Waals surface area (Å²) in [5.74, 6) is -0.127. The van der Waals surface area contributed by atoms with E-state index in [4.69, 9.17) is 0 Å². The van der Waals surface area contributed by atoms with Gasteiger partial charge in [0.25, 0.3) is 5.69 Å². The van der Waals surface area contributed by atoms with Crippen molar-refractivity contribution in [1.29, 1.82) is 0 Å². The molecule has 0 aromatic heterocycles. The molecule has 0 aliphatic rings. The van der Waals surface area contributed by atoms with Gasteiger partial charge >= 0.3 is 0 Å². The average Bonchev–Trinajstić information content (AvgIpc) is 2.27. The van der Waals surface area contributed by atoms with Gasteiger partial charge in [-0.05, 0) is 18.4 Å². The van der Waals surface area contributed by atoms with Crippen LogP contribution >= 0.6 is 0 Å². The SMILES string of the molecule is CCCC(C)CNc1ccc([N+](=O)[O-])cc1F. The van der Waals surface area contributed by atoms with Crippen LogP contribution in [0.5, 0.6) is 0 Å². The lowest BCUT2D eigenvalue weighted by atomic mass is 10.1. The van der Waals surface area contributed by atoms with Crippen LogP contribution in [0.4, 0.5) is 15.8 Å². The van der Waals surface area contributed by atoms with E-state index in [1.165, 1.54) is 12.1 Å². The van der Waals surface area contributed by atoms with Crippen LogP contribution in [0.25, 0.3) is 0 Å². The molecule has 0 aliphatic heterocycles. The number of non-ortho nitro benzene ring substituents is 1. The number of benzene rings is 1. The summed E-state index contributed by atoms with van der Waals surface area (Å²) >= 11 is 0. The molecule has 5 heteroatoms. The zero-order valence-electron chi connectivity index (χ0n) is 10.1. The van der Waals surface area contributed by atoms with Crippen molar-refractivity contribution in [3.05, 3.63) is 34.1 Å². The Labute approximate surface area is 100.0 Å². The van der Waals surface area contributed by atoms with E-state index in [-0.39, 0.29) is 5.69 Å². The van der Waals surface area contributed by atoms with Crippen LogP contribution in [0.1, 0.15) is 26.7 Å². The first kappa shape index (κ1) is 13.4. The Bertz CT molecular complexity index is 396. The van der Waals surface area contributed by atoms with Crippen LogP contribution in [0.2, 0.25) is 0 Å². The molecular formula is C12H17FN2O2. The van der Waals surface area contributed by atoms with Gasteiger partial charge in [0.2, 0.25) is 0 Å². The molecule has 0 saturated carbocycles. The smallest absolute Gasteiger partial charge is 0.272 e. The van der Waals surface area contributed by atoms with Gasteiger partial charge in [-0.1, -0.05) is 20.3 Å². The van der Waals surface area contributed by atoms with Crippen LogP contribution in [0, 0.1) is 21.8 Å². The zero-order valence-corrected chi connectivity index (χ0v) is 10.1. The predicted octanol–water partition coefficient (Wildman–Crippen LogP) is 3.58. The zero-order chi connectivity index (χ0) is 12.8. The summed E-state index contributed by atoms with van der Waals surface area (Å²) in [6, 6.07) is 3.65. The van der Waals surface area contributed by atoms with E-state index in [0.717, 1.165) is 18.9 Å². The first-order valence-electron chi connectivity index (χ1n) is 5.72. The minimum atomic E-state index is -0.605. The minimum absolute atomic E-state index is 0.227. The molecular weight excluding hydrogens is 223 g/mol. The lowest BCUT2D eigenvalue weighted by Gasteiger charge is -2.12. The Hall–Kier alpha value is -1.65. The molecule has 0 heterocycles. The number of nitro groups is 1. The standard InChI is InChI=1S/C12H17FN2O2/c1-3-4-9(2)8-14-12-6-5-10(15(16)17)7-11(12)13/h5-7,9,14H,3-4,8H2,1-2H3. The van der Waals surface area contributed by atoms with E-state index >= 15 is 0 Å². The molecule has 0 amide bonds. The number of rotatable bonds is 6. The number of nitrogens with zero attached hydrogens (tertiary/aromatic N) is 1. The molecule has 0 spiro atoms. The molecule has 94 valence electrons. The fourth-order valence-electron chi connectivity index (χ4n) is 1.64. The predicted molar refractivity (Wildman–Crippen MR) is 65.6 cm³/mol. The van der Waals surface area contributed by atoms with Gasteiger partial charge in [-0.15, -0.1) is 0 Å². The van der Waals surface area contributed by atoms with Crippen molar-refractivity contribution in [2.24, 2.45) is 5.92 Å². The average molecular weight is 240 g/mol. The molecule has 0 radical (unpaired) electrons. The number of nitrogens with one attached hydrogen (secondary N) is 1. The quantitative estimate of drug-likeness (QED) is 0.610. The van der Waals surface area contributed by atoms with E-state index in [1.54, 1.807) is 0 Å². The van der Waals surface area contributed by atoms with Crippen molar-refractivity contribution >= 4 is 11.4 Å². The minimum Gasteiger partial charge on any atom is -0.382 e. The summed E-state index contributed by atoms with van der Waals surface area (Å²) < 4.78 is 13.5. The second-order valence-electron chi connectivity index (χ2n) is 4.20. The summed E-state index contributed by atoms with van der Waals surface area (Å²) in [6.45, 7) is 4.85. The third-order valence-electron chi connectivity index (χ3n) is 2.59. The van der Waals surface area contributed by atoms with Gasteiger partial charge < -0.3 is 5.32 Å². The molecule has 1 rings (SSSR count). The van der Waals surface area contributed by atoms with Crippen LogP contribution in [0.15, 0.2) is 18.2 Å². The van der Waals surface area contributed by atoms with Gasteiger partial charge in [-0.25, -0.2) is 4.39 Å². The molecule has 0 saturated heterocycles. The Morgan fingerprint density at radius 1 is 1.53 bits per heavy atom. The summed E-state index contributed by atoms with van der Waals surface area (Å²) in [5.41, 5.74) is 0.0909. The summed E-state index contributed by atoms with van der Waals surface area (Å²) in [6.07, 6.45) is 2.16. The van der Waals surface area contributed by atoms with Crippen LogP contribution in [0.3, 0.4) is 0 Å². The van der Waals surface area contributed by atoms with Gasteiger partial charge in [-0.3, -0.25) is 10.1 Å². The normalized spacial score (nSPS) is 12.2. The van der Waals surface area contributed by atoms with E-state index in [9.17, 15) is 14.5 Å². The molecule has 1 aromatic rings. The van der Waals surface area contributed by atoms with Crippen molar-refractivity contribution in [2.45, 2.75) is 26.7 Å². The van der Waals surface area contributed by atoms with E-state index in [1.807, 2.05) is 0 Å². The van der Waals surface area contributed by atoms with E-state index in [0.29, 0.717) is 18.2 Å². The van der Waals surface area contributed by atoms with Crippen molar-refractivity contribution in [1.82, 2.24) is 0 Å². The van der Waals surface area contributed by atoms with Crippen LogP contribution in [-0.4, -0.2) is 11.5 Å². The molecule has 1 atom stereocenters. The van der Waals surface area contributed by atoms with Gasteiger partial charge in [0.1, 0.15) is 0 Å². The number of hydrogen-bond acceptors (Lipinski definition) is 3. The van der Waals surface area contributed by atoms with Crippen molar-refractivity contribution in [3.63, 3.8) is 0 Å². The van der Waals surface area contributed by atoms with Gasteiger partial charge in [0.15, 0.2) is 5.82 Å². The maximum Gasteiger partial charge on any atom is 0.272 e. The van der Waals surface area contributed by atoms with Gasteiger partial charge in [-0.2, -0.15) is 0 Å². The molecule has 17 heavy (non-hydrogen) atoms. The highest BCUT2D eigenvalue weighted by Crippen LogP contribution is 2.21. The third-order valence-corrected chi connectivity index (χ3v) is 2.59. The first-order chi connectivity index (χ1) is 8.04. The third kappa shape index (κ3) is 4.01. The number of hydrogen-bond donors (Lipinski definition) is 1. The fourth-order valence-corrected chi connectivity index (χ4v) is 1.64. The topological polar surface area (TPSA) is 55.2 Å². The summed E-state index contributed by atoms with van der Waals surface area (Å²) in [7, 11) is 0. The Kier molecular flexibility index (Phi) is 4.87. The Morgan fingerprint density at radius 2 is 2.24 bits per heavy atom. The molecule has 1 unspecified atom stereocenters. The van der Waals surface area contributed by atoms with E-state index in [2.05, 4.69) is 19.2 Å². The summed E-state index contributed by atoms with van der Waals surface area (Å²) in [5, 5.41) is 13.4. The number of anilines is 1. The van der Waals surface area contributed by atoms with Crippen molar-refractivity contribution in [3.8, 4) is 0 Å². The second-order valence-corrected chi connectivity index (χ2v) is 4.20. The van der Waals surface area contributed by atoms with Crippen LogP contribution in [-0.2, 0) is 0 Å². The first-order valence-corrected chi connectivity index (χ1v) is 5.72.